The molecule has 2 rings (SSSR count). The second-order valence-electron chi connectivity index (χ2n) is 5.62. The SMILES string of the molecule is Cc1nc(-c2ccccc2)c(C(=O)NCCSSCCC(=O)O)s1.O=C(O)C(F)(F)F. The number of alkyl halides is 3. The number of benzene rings is 1. The number of hydrogen-bond donors (Lipinski definition) is 3. The number of nitrogens with zero attached hydrogens (tertiary/aromatic N) is 1. The molecule has 0 atom stereocenters. The monoisotopic (exact) mass is 496 g/mol. The van der Waals surface area contributed by atoms with E-state index in [0.717, 1.165) is 22.0 Å². The minimum atomic E-state index is -5.08. The van der Waals surface area contributed by atoms with Crippen molar-refractivity contribution >= 4 is 50.8 Å². The zero-order valence-electron chi connectivity index (χ0n) is 16.1. The molecule has 1 aromatic carbocycles. The van der Waals surface area contributed by atoms with Crippen LogP contribution in [0.15, 0.2) is 30.3 Å². The molecule has 31 heavy (non-hydrogen) atoms. The van der Waals surface area contributed by atoms with Crippen molar-refractivity contribution in [3.8, 4) is 11.3 Å². The highest BCUT2D eigenvalue weighted by Gasteiger charge is 2.38. The number of nitrogens with one attached hydrogen (secondary N) is 1. The Morgan fingerprint density at radius 3 is 2.23 bits per heavy atom. The molecule has 2 aromatic rings. The zero-order valence-corrected chi connectivity index (χ0v) is 18.6. The lowest BCUT2D eigenvalue weighted by Gasteiger charge is -2.05. The fraction of sp³-hybridized carbons (Fsp3) is 0.333. The minimum absolute atomic E-state index is 0.115. The summed E-state index contributed by atoms with van der Waals surface area (Å²) in [6.45, 7) is 2.43. The van der Waals surface area contributed by atoms with Crippen LogP contribution in [0.2, 0.25) is 0 Å². The van der Waals surface area contributed by atoms with Gasteiger partial charge < -0.3 is 15.5 Å². The van der Waals surface area contributed by atoms with Crippen molar-refractivity contribution in [3.63, 3.8) is 0 Å². The van der Waals surface area contributed by atoms with Crippen molar-refractivity contribution in [3.05, 3.63) is 40.2 Å². The van der Waals surface area contributed by atoms with Gasteiger partial charge in [0, 0.05) is 23.6 Å². The predicted molar refractivity (Wildman–Crippen MR) is 115 cm³/mol. The Morgan fingerprint density at radius 2 is 1.68 bits per heavy atom. The zero-order chi connectivity index (χ0) is 23.4. The lowest BCUT2D eigenvalue weighted by molar-refractivity contribution is -0.192. The Morgan fingerprint density at radius 1 is 1.10 bits per heavy atom. The fourth-order valence-corrected chi connectivity index (χ4v) is 4.65. The van der Waals surface area contributed by atoms with Crippen LogP contribution in [0.1, 0.15) is 21.1 Å². The molecule has 0 bridgehead atoms. The van der Waals surface area contributed by atoms with Gasteiger partial charge in [-0.25, -0.2) is 9.78 Å². The van der Waals surface area contributed by atoms with Crippen LogP contribution >= 0.6 is 32.9 Å². The van der Waals surface area contributed by atoms with Gasteiger partial charge >= 0.3 is 18.1 Å². The molecular formula is C18H19F3N2O5S3. The summed E-state index contributed by atoms with van der Waals surface area (Å²) in [4.78, 5) is 36.8. The molecule has 1 amide bonds. The molecule has 0 aliphatic heterocycles. The number of hydrogen-bond acceptors (Lipinski definition) is 7. The molecule has 0 fully saturated rings. The van der Waals surface area contributed by atoms with Crippen LogP contribution in [0, 0.1) is 6.92 Å². The van der Waals surface area contributed by atoms with E-state index in [9.17, 15) is 22.8 Å². The number of amides is 1. The first-order valence-electron chi connectivity index (χ1n) is 8.59. The van der Waals surface area contributed by atoms with Crippen molar-refractivity contribution in [2.24, 2.45) is 0 Å². The lowest BCUT2D eigenvalue weighted by atomic mass is 10.1. The van der Waals surface area contributed by atoms with E-state index in [1.807, 2.05) is 37.3 Å². The Hall–Kier alpha value is -2.25. The molecule has 3 N–H and O–H groups in total. The highest BCUT2D eigenvalue weighted by atomic mass is 33.1. The van der Waals surface area contributed by atoms with Gasteiger partial charge in [-0.1, -0.05) is 51.9 Å². The largest absolute Gasteiger partial charge is 0.490 e. The van der Waals surface area contributed by atoms with Gasteiger partial charge in [-0.05, 0) is 6.92 Å². The van der Waals surface area contributed by atoms with Crippen molar-refractivity contribution in [2.45, 2.75) is 19.5 Å². The third kappa shape index (κ3) is 10.6. The number of halogens is 3. The smallest absolute Gasteiger partial charge is 0.481 e. The van der Waals surface area contributed by atoms with Gasteiger partial charge in [0.25, 0.3) is 5.91 Å². The molecule has 170 valence electrons. The maximum Gasteiger partial charge on any atom is 0.490 e. The van der Waals surface area contributed by atoms with E-state index in [-0.39, 0.29) is 12.3 Å². The summed E-state index contributed by atoms with van der Waals surface area (Å²) < 4.78 is 31.7. The summed E-state index contributed by atoms with van der Waals surface area (Å²) in [7, 11) is 3.07. The second-order valence-corrected chi connectivity index (χ2v) is 9.53. The predicted octanol–water partition coefficient (Wildman–Crippen LogP) is 4.34. The number of rotatable bonds is 9. The number of carboxylic acid groups (broad SMARTS) is 2. The van der Waals surface area contributed by atoms with Crippen LogP contribution in [0.4, 0.5) is 13.2 Å². The first-order valence-corrected chi connectivity index (χ1v) is 11.9. The Kier molecular flexibility index (Phi) is 11.4. The first-order chi connectivity index (χ1) is 14.5. The van der Waals surface area contributed by atoms with E-state index in [1.54, 1.807) is 10.8 Å². The van der Waals surface area contributed by atoms with Crippen LogP contribution in [0.25, 0.3) is 11.3 Å². The van der Waals surface area contributed by atoms with Crippen molar-refractivity contribution in [2.75, 3.05) is 18.1 Å². The van der Waals surface area contributed by atoms with E-state index in [0.29, 0.717) is 17.2 Å². The van der Waals surface area contributed by atoms with Gasteiger partial charge in [-0.2, -0.15) is 13.2 Å². The van der Waals surface area contributed by atoms with E-state index >= 15 is 0 Å². The molecule has 0 unspecified atom stereocenters. The van der Waals surface area contributed by atoms with Gasteiger partial charge in [0.2, 0.25) is 0 Å². The molecular weight excluding hydrogens is 477 g/mol. The molecule has 0 aliphatic carbocycles. The number of carboxylic acids is 2. The number of aryl methyl sites for hydroxylation is 1. The van der Waals surface area contributed by atoms with Gasteiger partial charge in [0.05, 0.1) is 17.1 Å². The highest BCUT2D eigenvalue weighted by molar-refractivity contribution is 8.76. The number of thiazole rings is 1. The average Bonchev–Trinajstić information content (AvgIpc) is 3.09. The maximum atomic E-state index is 12.4. The second kappa shape index (κ2) is 13.2. The average molecular weight is 497 g/mol. The number of aromatic nitrogens is 1. The molecule has 0 saturated heterocycles. The number of carbonyl (C=O) groups excluding carboxylic acids is 1. The molecule has 1 heterocycles. The van der Waals surface area contributed by atoms with E-state index < -0.39 is 18.1 Å². The molecule has 0 saturated carbocycles. The Labute approximate surface area is 187 Å². The van der Waals surface area contributed by atoms with Crippen LogP contribution in [0.5, 0.6) is 0 Å². The van der Waals surface area contributed by atoms with Crippen molar-refractivity contribution in [1.29, 1.82) is 0 Å². The number of carbonyl (C=O) groups is 3. The molecule has 0 radical (unpaired) electrons. The van der Waals surface area contributed by atoms with Crippen molar-refractivity contribution in [1.82, 2.24) is 10.3 Å². The molecule has 7 nitrogen and oxygen atoms in total. The summed E-state index contributed by atoms with van der Waals surface area (Å²) in [6.07, 6.45) is -4.93. The summed E-state index contributed by atoms with van der Waals surface area (Å²) in [5.74, 6) is -2.36. The normalized spacial score (nSPS) is 10.7. The van der Waals surface area contributed by atoms with Crippen molar-refractivity contribution < 1.29 is 37.8 Å². The Bertz CT molecular complexity index is 876. The minimum Gasteiger partial charge on any atom is -0.481 e. The summed E-state index contributed by atoms with van der Waals surface area (Å²) in [5.41, 5.74) is 1.66. The van der Waals surface area contributed by atoms with E-state index in [2.05, 4.69) is 10.3 Å². The van der Waals surface area contributed by atoms with Crippen LogP contribution < -0.4 is 5.32 Å². The first kappa shape index (κ1) is 26.8. The summed E-state index contributed by atoms with van der Waals surface area (Å²) in [5, 5.41) is 19.4. The molecule has 1 aromatic heterocycles. The summed E-state index contributed by atoms with van der Waals surface area (Å²) >= 11 is 1.39. The van der Waals surface area contributed by atoms with E-state index in [4.69, 9.17) is 15.0 Å². The highest BCUT2D eigenvalue weighted by Crippen LogP contribution is 2.28. The van der Waals surface area contributed by atoms with Gasteiger partial charge in [-0.3, -0.25) is 9.59 Å². The van der Waals surface area contributed by atoms with Gasteiger partial charge in [-0.15, -0.1) is 11.3 Å². The molecule has 0 aliphatic rings. The quantitative estimate of drug-likeness (QED) is 0.347. The Balaban J connectivity index is 0.000000592. The van der Waals surface area contributed by atoms with Gasteiger partial charge in [0.15, 0.2) is 0 Å². The maximum absolute atomic E-state index is 12.4. The summed E-state index contributed by atoms with van der Waals surface area (Å²) in [6, 6.07) is 9.68. The third-order valence-electron chi connectivity index (χ3n) is 3.18. The van der Waals surface area contributed by atoms with E-state index in [1.165, 1.54) is 22.1 Å². The molecule has 13 heteroatoms. The van der Waals surface area contributed by atoms with Crippen LogP contribution in [-0.2, 0) is 9.59 Å². The van der Waals surface area contributed by atoms with Crippen LogP contribution in [-0.4, -0.2) is 57.3 Å². The molecule has 0 spiro atoms. The fourth-order valence-electron chi connectivity index (χ4n) is 1.91. The van der Waals surface area contributed by atoms with Crippen LogP contribution in [0.3, 0.4) is 0 Å². The number of aliphatic carboxylic acids is 2. The topological polar surface area (TPSA) is 117 Å². The lowest BCUT2D eigenvalue weighted by Crippen LogP contribution is -2.25. The standard InChI is InChI=1S/C16H18N2O3S3.C2HF3O2/c1-11-18-14(12-5-3-2-4-6-12)15(24-11)16(21)17-8-10-23-22-9-7-13(19)20;3-2(4,5)1(6)7/h2-6H,7-10H2,1H3,(H,17,21)(H,19,20);(H,6,7). The van der Waals surface area contributed by atoms with Gasteiger partial charge in [0.1, 0.15) is 4.88 Å². The third-order valence-corrected chi connectivity index (χ3v) is 6.56.